The number of pyridine rings is 1. The van der Waals surface area contributed by atoms with Gasteiger partial charge < -0.3 is 15.2 Å². The largest absolute Gasteiger partial charge is 0.325 e. The Balaban J connectivity index is 1.61. The van der Waals surface area contributed by atoms with Crippen molar-refractivity contribution in [3.05, 3.63) is 92.8 Å². The number of benzene rings is 2. The molecule has 7 heteroatoms. The molecular weight excluding hydrogens is 422 g/mol. The van der Waals surface area contributed by atoms with Gasteiger partial charge in [0.05, 0.1) is 0 Å². The normalized spacial score (nSPS) is 10.4. The van der Waals surface area contributed by atoms with Gasteiger partial charge in [-0.15, -0.1) is 0 Å². The van der Waals surface area contributed by atoms with Gasteiger partial charge >= 0.3 is 0 Å². The standard InChI is InChI=1S/C21H18BrN3O3/c1-14-2-11-20(27)25(12-14)13-19(26)23-17-7-3-15(4-8-17)21(28)24-18-9-5-16(22)6-10-18/h2-12H,13H2,1H3,(H,23,26)(H,24,28). The predicted molar refractivity (Wildman–Crippen MR) is 113 cm³/mol. The van der Waals surface area contributed by atoms with E-state index in [4.69, 9.17) is 0 Å². The lowest BCUT2D eigenvalue weighted by molar-refractivity contribution is -0.116. The molecule has 0 aliphatic carbocycles. The van der Waals surface area contributed by atoms with Crippen molar-refractivity contribution in [2.45, 2.75) is 13.5 Å². The van der Waals surface area contributed by atoms with Gasteiger partial charge in [-0.25, -0.2) is 0 Å². The first-order valence-corrected chi connectivity index (χ1v) is 9.34. The lowest BCUT2D eigenvalue weighted by Gasteiger charge is -2.09. The van der Waals surface area contributed by atoms with Gasteiger partial charge in [0.2, 0.25) is 5.91 Å². The Labute approximate surface area is 170 Å². The van der Waals surface area contributed by atoms with Gasteiger partial charge in [-0.1, -0.05) is 22.0 Å². The highest BCUT2D eigenvalue weighted by molar-refractivity contribution is 9.10. The van der Waals surface area contributed by atoms with E-state index in [2.05, 4.69) is 26.6 Å². The van der Waals surface area contributed by atoms with E-state index < -0.39 is 0 Å². The van der Waals surface area contributed by atoms with E-state index in [1.54, 1.807) is 48.7 Å². The second-order valence-electron chi connectivity index (χ2n) is 6.26. The summed E-state index contributed by atoms with van der Waals surface area (Å²) in [5.41, 5.74) is 2.37. The number of aryl methyl sites for hydroxylation is 1. The number of amides is 2. The van der Waals surface area contributed by atoms with Crippen molar-refractivity contribution >= 4 is 39.1 Å². The number of halogens is 1. The molecule has 0 fully saturated rings. The third-order valence-corrected chi connectivity index (χ3v) is 4.51. The Morgan fingerprint density at radius 3 is 2.18 bits per heavy atom. The van der Waals surface area contributed by atoms with Crippen LogP contribution in [0.1, 0.15) is 15.9 Å². The van der Waals surface area contributed by atoms with E-state index in [0.29, 0.717) is 16.9 Å². The van der Waals surface area contributed by atoms with E-state index in [0.717, 1.165) is 10.0 Å². The predicted octanol–water partition coefficient (Wildman–Crippen LogP) is 3.81. The van der Waals surface area contributed by atoms with E-state index in [1.807, 2.05) is 19.1 Å². The minimum absolute atomic E-state index is 0.0771. The van der Waals surface area contributed by atoms with Crippen LogP contribution in [0.3, 0.4) is 0 Å². The van der Waals surface area contributed by atoms with Gasteiger partial charge in [0.1, 0.15) is 6.54 Å². The Kier molecular flexibility index (Phi) is 6.06. The van der Waals surface area contributed by atoms with Gasteiger partial charge in [0, 0.05) is 33.7 Å². The van der Waals surface area contributed by atoms with Crippen LogP contribution >= 0.6 is 15.9 Å². The summed E-state index contributed by atoms with van der Waals surface area (Å²) in [6.45, 7) is 1.78. The average Bonchev–Trinajstić information content (AvgIpc) is 2.67. The highest BCUT2D eigenvalue weighted by Gasteiger charge is 2.08. The number of carbonyl (C=O) groups excluding carboxylic acids is 2. The molecule has 2 amide bonds. The molecule has 0 spiro atoms. The molecule has 0 aliphatic rings. The monoisotopic (exact) mass is 439 g/mol. The molecule has 0 bridgehead atoms. The summed E-state index contributed by atoms with van der Waals surface area (Å²) < 4.78 is 2.28. The summed E-state index contributed by atoms with van der Waals surface area (Å²) in [6, 6.07) is 17.0. The summed E-state index contributed by atoms with van der Waals surface area (Å²) in [4.78, 5) is 36.3. The first-order valence-electron chi connectivity index (χ1n) is 8.55. The van der Waals surface area contributed by atoms with Crippen molar-refractivity contribution < 1.29 is 9.59 Å². The molecule has 3 aromatic rings. The van der Waals surface area contributed by atoms with Crippen LogP contribution in [0.5, 0.6) is 0 Å². The molecule has 142 valence electrons. The van der Waals surface area contributed by atoms with Crippen molar-refractivity contribution in [3.8, 4) is 0 Å². The number of carbonyl (C=O) groups is 2. The van der Waals surface area contributed by atoms with Crippen molar-refractivity contribution in [1.29, 1.82) is 0 Å². The molecule has 2 N–H and O–H groups in total. The maximum Gasteiger partial charge on any atom is 0.255 e. The van der Waals surface area contributed by atoms with Gasteiger partial charge in [0.15, 0.2) is 0 Å². The number of nitrogens with zero attached hydrogens (tertiary/aromatic N) is 1. The van der Waals surface area contributed by atoms with Gasteiger partial charge in [-0.2, -0.15) is 0 Å². The van der Waals surface area contributed by atoms with E-state index in [1.165, 1.54) is 10.6 Å². The van der Waals surface area contributed by atoms with Crippen LogP contribution in [0.25, 0.3) is 0 Å². The fourth-order valence-corrected chi connectivity index (χ4v) is 2.84. The third-order valence-electron chi connectivity index (χ3n) is 3.98. The maximum absolute atomic E-state index is 12.3. The molecule has 28 heavy (non-hydrogen) atoms. The molecule has 0 saturated carbocycles. The first-order chi connectivity index (χ1) is 13.4. The fraction of sp³-hybridized carbons (Fsp3) is 0.0952. The van der Waals surface area contributed by atoms with Gasteiger partial charge in [-0.05, 0) is 61.0 Å². The number of anilines is 2. The fourth-order valence-electron chi connectivity index (χ4n) is 2.57. The molecule has 2 aromatic carbocycles. The van der Waals surface area contributed by atoms with Crippen molar-refractivity contribution in [3.63, 3.8) is 0 Å². The molecule has 0 atom stereocenters. The summed E-state index contributed by atoms with van der Waals surface area (Å²) in [6.07, 6.45) is 1.64. The second-order valence-corrected chi connectivity index (χ2v) is 7.17. The molecule has 6 nitrogen and oxygen atoms in total. The van der Waals surface area contributed by atoms with Crippen LogP contribution < -0.4 is 16.2 Å². The number of aromatic nitrogens is 1. The van der Waals surface area contributed by atoms with E-state index in [9.17, 15) is 14.4 Å². The van der Waals surface area contributed by atoms with Crippen LogP contribution in [-0.4, -0.2) is 16.4 Å². The zero-order chi connectivity index (χ0) is 20.1. The van der Waals surface area contributed by atoms with Crippen molar-refractivity contribution in [1.82, 2.24) is 4.57 Å². The Morgan fingerprint density at radius 1 is 0.893 bits per heavy atom. The minimum Gasteiger partial charge on any atom is -0.325 e. The molecule has 0 unspecified atom stereocenters. The molecular formula is C21H18BrN3O3. The maximum atomic E-state index is 12.3. The van der Waals surface area contributed by atoms with Crippen LogP contribution in [0.15, 0.2) is 76.1 Å². The van der Waals surface area contributed by atoms with Crippen LogP contribution in [-0.2, 0) is 11.3 Å². The Morgan fingerprint density at radius 2 is 1.50 bits per heavy atom. The minimum atomic E-state index is -0.320. The van der Waals surface area contributed by atoms with E-state index in [-0.39, 0.29) is 23.9 Å². The zero-order valence-corrected chi connectivity index (χ0v) is 16.7. The number of nitrogens with one attached hydrogen (secondary N) is 2. The quantitative estimate of drug-likeness (QED) is 0.633. The van der Waals surface area contributed by atoms with E-state index >= 15 is 0 Å². The Bertz CT molecular complexity index is 1060. The smallest absolute Gasteiger partial charge is 0.255 e. The van der Waals surface area contributed by atoms with Crippen molar-refractivity contribution in [2.75, 3.05) is 10.6 Å². The summed E-state index contributed by atoms with van der Waals surface area (Å²) >= 11 is 3.35. The first kappa shape index (κ1) is 19.6. The molecule has 0 radical (unpaired) electrons. The topological polar surface area (TPSA) is 80.2 Å². The van der Waals surface area contributed by atoms with Gasteiger partial charge in [0.25, 0.3) is 11.5 Å². The SMILES string of the molecule is Cc1ccc(=O)n(CC(=O)Nc2ccc(C(=O)Nc3ccc(Br)cc3)cc2)c1. The molecule has 0 aliphatic heterocycles. The highest BCUT2D eigenvalue weighted by Crippen LogP contribution is 2.16. The lowest BCUT2D eigenvalue weighted by Crippen LogP contribution is -2.26. The van der Waals surface area contributed by atoms with Crippen LogP contribution in [0, 0.1) is 6.92 Å². The molecule has 1 heterocycles. The molecule has 1 aromatic heterocycles. The highest BCUT2D eigenvalue weighted by atomic mass is 79.9. The zero-order valence-electron chi connectivity index (χ0n) is 15.1. The van der Waals surface area contributed by atoms with Crippen LogP contribution in [0.4, 0.5) is 11.4 Å². The van der Waals surface area contributed by atoms with Gasteiger partial charge in [-0.3, -0.25) is 14.4 Å². The summed E-state index contributed by atoms with van der Waals surface area (Å²) in [7, 11) is 0. The second kappa shape index (κ2) is 8.67. The molecule has 3 rings (SSSR count). The summed E-state index contributed by atoms with van der Waals surface area (Å²) in [5, 5.41) is 5.53. The third kappa shape index (κ3) is 5.17. The lowest BCUT2D eigenvalue weighted by atomic mass is 10.2. The van der Waals surface area contributed by atoms with Crippen LogP contribution in [0.2, 0.25) is 0 Å². The number of rotatable bonds is 5. The Hall–Kier alpha value is -3.19. The number of hydrogen-bond donors (Lipinski definition) is 2. The van der Waals surface area contributed by atoms with Crippen molar-refractivity contribution in [2.24, 2.45) is 0 Å². The molecule has 0 saturated heterocycles. The number of hydrogen-bond acceptors (Lipinski definition) is 3. The summed E-state index contributed by atoms with van der Waals surface area (Å²) in [5.74, 6) is -0.564. The average molecular weight is 440 g/mol.